The van der Waals surface area contributed by atoms with Gasteiger partial charge < -0.3 is 5.32 Å². The summed E-state index contributed by atoms with van der Waals surface area (Å²) in [5.74, 6) is 0.00121. The molecule has 0 fully saturated rings. The first kappa shape index (κ1) is 22.1. The number of thiazole rings is 1. The molecule has 6 nitrogen and oxygen atoms in total. The molecule has 3 rings (SSSR count). The lowest BCUT2D eigenvalue weighted by Gasteiger charge is -2.11. The minimum Gasteiger partial charge on any atom is -0.346 e. The summed E-state index contributed by atoms with van der Waals surface area (Å²) in [7, 11) is -3.76. The van der Waals surface area contributed by atoms with Gasteiger partial charge in [0, 0.05) is 23.4 Å². The number of carbonyl (C=O) groups excluding carboxylic acids is 1. The maximum absolute atomic E-state index is 12.8. The molecular formula is C22H25N3O3S2. The van der Waals surface area contributed by atoms with E-state index in [1.807, 2.05) is 35.7 Å². The number of amides is 1. The molecule has 0 aliphatic carbocycles. The highest BCUT2D eigenvalue weighted by Crippen LogP contribution is 2.20. The van der Waals surface area contributed by atoms with Gasteiger partial charge in [0.25, 0.3) is 5.91 Å². The molecule has 3 aromatic rings. The predicted molar refractivity (Wildman–Crippen MR) is 119 cm³/mol. The molecule has 0 spiro atoms. The van der Waals surface area contributed by atoms with E-state index in [1.165, 1.54) is 6.07 Å². The van der Waals surface area contributed by atoms with E-state index in [4.69, 9.17) is 0 Å². The molecule has 0 saturated heterocycles. The number of hydrogen-bond donors (Lipinski definition) is 2. The van der Waals surface area contributed by atoms with Crippen molar-refractivity contribution in [3.63, 3.8) is 0 Å². The lowest BCUT2D eigenvalue weighted by molar-refractivity contribution is 0.0950. The number of carbonyl (C=O) groups is 1. The standard InChI is InChI=1S/C22H25N3O3S2/c1-15(2)22-25-19(14-29-22)13-23-21(26)18-10-9-16(3)20(11-18)30(27,28)24-12-17-7-5-4-6-8-17/h4-11,14-15,24H,12-13H2,1-3H3,(H,23,26). The summed E-state index contributed by atoms with van der Waals surface area (Å²) >= 11 is 1.57. The van der Waals surface area contributed by atoms with Crippen molar-refractivity contribution in [2.45, 2.75) is 44.7 Å². The van der Waals surface area contributed by atoms with Crippen molar-refractivity contribution in [2.24, 2.45) is 0 Å². The number of benzene rings is 2. The van der Waals surface area contributed by atoms with E-state index in [1.54, 1.807) is 30.4 Å². The smallest absolute Gasteiger partial charge is 0.251 e. The Hall–Kier alpha value is -2.55. The third-order valence-electron chi connectivity index (χ3n) is 4.54. The van der Waals surface area contributed by atoms with Crippen molar-refractivity contribution in [3.05, 3.63) is 81.3 Å². The van der Waals surface area contributed by atoms with E-state index >= 15 is 0 Å². The Kier molecular flexibility index (Phi) is 7.02. The summed E-state index contributed by atoms with van der Waals surface area (Å²) in [6, 6.07) is 14.0. The molecule has 0 atom stereocenters. The van der Waals surface area contributed by atoms with Crippen molar-refractivity contribution in [1.82, 2.24) is 15.0 Å². The fraction of sp³-hybridized carbons (Fsp3) is 0.273. The van der Waals surface area contributed by atoms with Crippen molar-refractivity contribution in [1.29, 1.82) is 0 Å². The Morgan fingerprint density at radius 2 is 1.83 bits per heavy atom. The van der Waals surface area contributed by atoms with Gasteiger partial charge in [-0.3, -0.25) is 4.79 Å². The molecule has 1 heterocycles. The van der Waals surface area contributed by atoms with Crippen LogP contribution in [0.3, 0.4) is 0 Å². The minimum atomic E-state index is -3.76. The SMILES string of the molecule is Cc1ccc(C(=O)NCc2csc(C(C)C)n2)cc1S(=O)(=O)NCc1ccccc1. The van der Waals surface area contributed by atoms with Gasteiger partial charge in [-0.1, -0.05) is 50.2 Å². The number of hydrogen-bond acceptors (Lipinski definition) is 5. The first-order chi connectivity index (χ1) is 14.3. The average Bonchev–Trinajstić information content (AvgIpc) is 3.21. The monoisotopic (exact) mass is 443 g/mol. The maximum atomic E-state index is 12.8. The van der Waals surface area contributed by atoms with Crippen LogP contribution in [-0.2, 0) is 23.1 Å². The quantitative estimate of drug-likeness (QED) is 0.551. The van der Waals surface area contributed by atoms with Crippen molar-refractivity contribution in [2.75, 3.05) is 0 Å². The van der Waals surface area contributed by atoms with Gasteiger partial charge >= 0.3 is 0 Å². The molecule has 0 saturated carbocycles. The van der Waals surface area contributed by atoms with Crippen LogP contribution >= 0.6 is 11.3 Å². The highest BCUT2D eigenvalue weighted by molar-refractivity contribution is 7.89. The van der Waals surface area contributed by atoms with E-state index < -0.39 is 10.0 Å². The predicted octanol–water partition coefficient (Wildman–Crippen LogP) is 3.98. The zero-order chi connectivity index (χ0) is 21.7. The van der Waals surface area contributed by atoms with Crippen LogP contribution in [0.5, 0.6) is 0 Å². The Bertz CT molecular complexity index is 1120. The molecule has 1 aromatic heterocycles. The molecule has 0 unspecified atom stereocenters. The highest BCUT2D eigenvalue weighted by Gasteiger charge is 2.19. The molecule has 30 heavy (non-hydrogen) atoms. The number of nitrogens with zero attached hydrogens (tertiary/aromatic N) is 1. The molecule has 2 aromatic carbocycles. The second kappa shape index (κ2) is 9.51. The van der Waals surface area contributed by atoms with Crippen LogP contribution in [0.25, 0.3) is 0 Å². The van der Waals surface area contributed by atoms with Gasteiger partial charge in [-0.25, -0.2) is 18.1 Å². The Morgan fingerprint density at radius 1 is 1.10 bits per heavy atom. The van der Waals surface area contributed by atoms with E-state index in [0.717, 1.165) is 16.3 Å². The highest BCUT2D eigenvalue weighted by atomic mass is 32.2. The molecule has 0 bridgehead atoms. The molecule has 0 aliphatic rings. The fourth-order valence-electron chi connectivity index (χ4n) is 2.82. The zero-order valence-electron chi connectivity index (χ0n) is 17.2. The zero-order valence-corrected chi connectivity index (χ0v) is 18.8. The maximum Gasteiger partial charge on any atom is 0.251 e. The number of sulfonamides is 1. The van der Waals surface area contributed by atoms with Crippen molar-refractivity contribution in [3.8, 4) is 0 Å². The molecule has 0 aliphatic heterocycles. The second-order valence-corrected chi connectivity index (χ2v) is 9.93. The largest absolute Gasteiger partial charge is 0.346 e. The van der Waals surface area contributed by atoms with Crippen LogP contribution in [0.2, 0.25) is 0 Å². The van der Waals surface area contributed by atoms with Gasteiger partial charge in [0.15, 0.2) is 0 Å². The van der Waals surface area contributed by atoms with E-state index in [9.17, 15) is 13.2 Å². The van der Waals surface area contributed by atoms with Crippen LogP contribution in [0.1, 0.15) is 52.0 Å². The molecule has 1 amide bonds. The molecule has 158 valence electrons. The Morgan fingerprint density at radius 3 is 2.50 bits per heavy atom. The Balaban J connectivity index is 1.70. The second-order valence-electron chi connectivity index (χ2n) is 7.30. The summed E-state index contributed by atoms with van der Waals surface area (Å²) in [5, 5.41) is 5.76. The van der Waals surface area contributed by atoms with Gasteiger partial charge in [0.1, 0.15) is 0 Å². The van der Waals surface area contributed by atoms with Gasteiger partial charge in [0.2, 0.25) is 10.0 Å². The Labute approximate surface area is 181 Å². The third-order valence-corrected chi connectivity index (χ3v) is 7.28. The number of rotatable bonds is 8. The summed E-state index contributed by atoms with van der Waals surface area (Å²) in [5.41, 5.74) is 2.52. The average molecular weight is 444 g/mol. The van der Waals surface area contributed by atoms with Gasteiger partial charge in [-0.05, 0) is 30.2 Å². The van der Waals surface area contributed by atoms with Crippen molar-refractivity contribution >= 4 is 27.3 Å². The molecular weight excluding hydrogens is 418 g/mol. The van der Waals surface area contributed by atoms with Crippen LogP contribution in [0.15, 0.2) is 58.8 Å². The lowest BCUT2D eigenvalue weighted by Crippen LogP contribution is -2.26. The van der Waals surface area contributed by atoms with E-state index in [-0.39, 0.29) is 17.3 Å². The molecule has 0 radical (unpaired) electrons. The summed E-state index contributed by atoms with van der Waals surface area (Å²) in [6.07, 6.45) is 0. The van der Waals surface area contributed by atoms with Crippen LogP contribution in [-0.4, -0.2) is 19.3 Å². The summed E-state index contributed by atoms with van der Waals surface area (Å²) in [6.45, 7) is 6.33. The number of aryl methyl sites for hydroxylation is 1. The first-order valence-corrected chi connectivity index (χ1v) is 12.0. The number of nitrogens with one attached hydrogen (secondary N) is 2. The van der Waals surface area contributed by atoms with E-state index in [2.05, 4.69) is 28.9 Å². The van der Waals surface area contributed by atoms with Gasteiger partial charge in [0.05, 0.1) is 22.1 Å². The van der Waals surface area contributed by atoms with E-state index in [0.29, 0.717) is 23.6 Å². The minimum absolute atomic E-state index is 0.0989. The van der Waals surface area contributed by atoms with Crippen LogP contribution < -0.4 is 10.0 Å². The first-order valence-electron chi connectivity index (χ1n) is 9.63. The normalized spacial score (nSPS) is 11.6. The third kappa shape index (κ3) is 5.53. The van der Waals surface area contributed by atoms with Crippen molar-refractivity contribution < 1.29 is 13.2 Å². The summed E-state index contributed by atoms with van der Waals surface area (Å²) in [4.78, 5) is 17.2. The molecule has 2 N–H and O–H groups in total. The van der Waals surface area contributed by atoms with Gasteiger partial charge in [-0.15, -0.1) is 11.3 Å². The number of aromatic nitrogens is 1. The lowest BCUT2D eigenvalue weighted by atomic mass is 10.1. The summed E-state index contributed by atoms with van der Waals surface area (Å²) < 4.78 is 28.2. The fourth-order valence-corrected chi connectivity index (χ4v) is 4.95. The topological polar surface area (TPSA) is 88.2 Å². The van der Waals surface area contributed by atoms with Crippen LogP contribution in [0, 0.1) is 6.92 Å². The van der Waals surface area contributed by atoms with Gasteiger partial charge in [-0.2, -0.15) is 0 Å². The van der Waals surface area contributed by atoms with Crippen LogP contribution in [0.4, 0.5) is 0 Å². The molecule has 8 heteroatoms.